The van der Waals surface area contributed by atoms with Crippen molar-refractivity contribution in [2.45, 2.75) is 19.9 Å². The summed E-state index contributed by atoms with van der Waals surface area (Å²) in [5, 5.41) is 2.89. The van der Waals surface area contributed by atoms with Crippen LogP contribution in [-0.4, -0.2) is 10.9 Å². The molecule has 0 fully saturated rings. The van der Waals surface area contributed by atoms with Gasteiger partial charge in [0.2, 0.25) is 0 Å². The number of aryl methyl sites for hydroxylation is 1. The monoisotopic (exact) mass is 255 g/mol. The van der Waals surface area contributed by atoms with Crippen molar-refractivity contribution in [3.8, 4) is 0 Å². The first-order chi connectivity index (χ1) is 9.08. The molecule has 0 aliphatic carbocycles. The van der Waals surface area contributed by atoms with E-state index in [1.807, 2.05) is 38.1 Å². The van der Waals surface area contributed by atoms with Crippen LogP contribution in [0.4, 0.5) is 5.69 Å². The number of nitrogen functional groups attached to an aromatic ring is 1. The van der Waals surface area contributed by atoms with Gasteiger partial charge in [-0.25, -0.2) is 4.98 Å². The molecule has 2 aromatic rings. The lowest BCUT2D eigenvalue weighted by Gasteiger charge is -2.14. The lowest BCUT2D eigenvalue weighted by molar-refractivity contribution is 0.0936. The van der Waals surface area contributed by atoms with Crippen molar-refractivity contribution < 1.29 is 4.79 Å². The van der Waals surface area contributed by atoms with Gasteiger partial charge in [-0.05, 0) is 31.5 Å². The van der Waals surface area contributed by atoms with Crippen LogP contribution in [0.2, 0.25) is 0 Å². The number of carbonyl (C=O) groups is 1. The summed E-state index contributed by atoms with van der Waals surface area (Å²) >= 11 is 0. The number of nitrogens with zero attached hydrogens (tertiary/aromatic N) is 1. The average molecular weight is 255 g/mol. The van der Waals surface area contributed by atoms with E-state index in [-0.39, 0.29) is 17.6 Å². The molecule has 1 atom stereocenters. The zero-order valence-electron chi connectivity index (χ0n) is 11.1. The number of aromatic nitrogens is 1. The second-order valence-corrected chi connectivity index (χ2v) is 4.55. The molecular weight excluding hydrogens is 238 g/mol. The third-order valence-corrected chi connectivity index (χ3v) is 2.98. The molecule has 1 aromatic carbocycles. The number of rotatable bonds is 3. The van der Waals surface area contributed by atoms with Gasteiger partial charge in [0.15, 0.2) is 5.69 Å². The summed E-state index contributed by atoms with van der Waals surface area (Å²) in [5.74, 6) is -0.258. The highest BCUT2D eigenvalue weighted by atomic mass is 16.1. The molecule has 4 nitrogen and oxygen atoms in total. The van der Waals surface area contributed by atoms with Crippen molar-refractivity contribution in [3.63, 3.8) is 0 Å². The Labute approximate surface area is 112 Å². The van der Waals surface area contributed by atoms with Gasteiger partial charge >= 0.3 is 0 Å². The van der Waals surface area contributed by atoms with Gasteiger partial charge in [-0.1, -0.05) is 29.8 Å². The molecule has 1 amide bonds. The molecule has 1 aromatic heterocycles. The zero-order chi connectivity index (χ0) is 13.8. The van der Waals surface area contributed by atoms with E-state index in [9.17, 15) is 4.79 Å². The Kier molecular flexibility index (Phi) is 3.80. The fourth-order valence-corrected chi connectivity index (χ4v) is 1.81. The molecule has 0 saturated heterocycles. The Morgan fingerprint density at radius 2 is 1.95 bits per heavy atom. The first-order valence-corrected chi connectivity index (χ1v) is 6.16. The predicted octanol–water partition coefficient (Wildman–Crippen LogP) is 2.46. The molecule has 3 N–H and O–H groups in total. The van der Waals surface area contributed by atoms with Crippen LogP contribution < -0.4 is 11.1 Å². The summed E-state index contributed by atoms with van der Waals surface area (Å²) in [4.78, 5) is 16.1. The molecule has 0 radical (unpaired) electrons. The number of nitrogens with two attached hydrogens (primary N) is 1. The molecule has 0 bridgehead atoms. The van der Waals surface area contributed by atoms with Gasteiger partial charge in [0.05, 0.1) is 11.7 Å². The van der Waals surface area contributed by atoms with E-state index in [0.29, 0.717) is 5.69 Å². The summed E-state index contributed by atoms with van der Waals surface area (Å²) in [6, 6.07) is 11.3. The van der Waals surface area contributed by atoms with Crippen LogP contribution in [0, 0.1) is 6.92 Å². The van der Waals surface area contributed by atoms with E-state index in [2.05, 4.69) is 10.3 Å². The predicted molar refractivity (Wildman–Crippen MR) is 75.7 cm³/mol. The fraction of sp³-hybridized carbons (Fsp3) is 0.200. The minimum atomic E-state index is -0.258. The van der Waals surface area contributed by atoms with E-state index in [4.69, 9.17) is 5.73 Å². The summed E-state index contributed by atoms with van der Waals surface area (Å²) in [5.41, 5.74) is 8.62. The van der Waals surface area contributed by atoms with Crippen LogP contribution in [0.3, 0.4) is 0 Å². The Morgan fingerprint density at radius 3 is 2.58 bits per heavy atom. The van der Waals surface area contributed by atoms with Gasteiger partial charge in [0.1, 0.15) is 0 Å². The molecule has 0 saturated carbocycles. The molecule has 0 unspecified atom stereocenters. The van der Waals surface area contributed by atoms with Gasteiger partial charge in [-0.3, -0.25) is 4.79 Å². The SMILES string of the molecule is Cc1ccc([C@H](C)NC(=O)c2ncccc2N)cc1. The fourth-order valence-electron chi connectivity index (χ4n) is 1.81. The Morgan fingerprint density at radius 1 is 1.26 bits per heavy atom. The van der Waals surface area contributed by atoms with E-state index >= 15 is 0 Å². The minimum absolute atomic E-state index is 0.0884. The van der Waals surface area contributed by atoms with E-state index in [0.717, 1.165) is 5.56 Å². The quantitative estimate of drug-likeness (QED) is 0.885. The van der Waals surface area contributed by atoms with Gasteiger partial charge in [-0.2, -0.15) is 0 Å². The summed E-state index contributed by atoms with van der Waals surface area (Å²) < 4.78 is 0. The summed E-state index contributed by atoms with van der Waals surface area (Å²) in [6.45, 7) is 3.96. The lowest BCUT2D eigenvalue weighted by atomic mass is 10.1. The number of anilines is 1. The summed E-state index contributed by atoms with van der Waals surface area (Å²) in [6.07, 6.45) is 1.56. The van der Waals surface area contributed by atoms with Crippen LogP contribution in [0.1, 0.15) is 34.6 Å². The molecule has 19 heavy (non-hydrogen) atoms. The van der Waals surface area contributed by atoms with Crippen LogP contribution >= 0.6 is 0 Å². The molecular formula is C15H17N3O. The number of hydrogen-bond donors (Lipinski definition) is 2. The number of carbonyl (C=O) groups excluding carboxylic acids is 1. The molecule has 0 aliphatic heterocycles. The van der Waals surface area contributed by atoms with E-state index < -0.39 is 0 Å². The highest BCUT2D eigenvalue weighted by molar-refractivity contribution is 5.97. The molecule has 1 heterocycles. The number of benzene rings is 1. The Hall–Kier alpha value is -2.36. The van der Waals surface area contributed by atoms with Crippen LogP contribution in [-0.2, 0) is 0 Å². The van der Waals surface area contributed by atoms with Crippen LogP contribution in [0.5, 0.6) is 0 Å². The Balaban J connectivity index is 2.11. The normalized spacial score (nSPS) is 11.9. The number of pyridine rings is 1. The Bertz CT molecular complexity index is 578. The van der Waals surface area contributed by atoms with E-state index in [1.165, 1.54) is 5.56 Å². The minimum Gasteiger partial charge on any atom is -0.397 e. The van der Waals surface area contributed by atoms with Gasteiger partial charge in [0, 0.05) is 6.20 Å². The van der Waals surface area contributed by atoms with Gasteiger partial charge in [-0.15, -0.1) is 0 Å². The molecule has 0 spiro atoms. The second kappa shape index (κ2) is 5.52. The lowest BCUT2D eigenvalue weighted by Crippen LogP contribution is -2.28. The number of nitrogens with one attached hydrogen (secondary N) is 1. The maximum Gasteiger partial charge on any atom is 0.272 e. The van der Waals surface area contributed by atoms with Crippen molar-refractivity contribution in [2.24, 2.45) is 0 Å². The highest BCUT2D eigenvalue weighted by Crippen LogP contribution is 2.15. The van der Waals surface area contributed by atoms with Crippen molar-refractivity contribution in [2.75, 3.05) is 5.73 Å². The smallest absolute Gasteiger partial charge is 0.272 e. The van der Waals surface area contributed by atoms with Crippen molar-refractivity contribution in [1.82, 2.24) is 10.3 Å². The first kappa shape index (κ1) is 13.1. The second-order valence-electron chi connectivity index (χ2n) is 4.55. The largest absolute Gasteiger partial charge is 0.397 e. The van der Waals surface area contributed by atoms with Crippen molar-refractivity contribution in [3.05, 3.63) is 59.4 Å². The maximum absolute atomic E-state index is 12.1. The third kappa shape index (κ3) is 3.10. The molecule has 0 aliphatic rings. The molecule has 98 valence electrons. The van der Waals surface area contributed by atoms with E-state index in [1.54, 1.807) is 18.3 Å². The summed E-state index contributed by atoms with van der Waals surface area (Å²) in [7, 11) is 0. The topological polar surface area (TPSA) is 68.0 Å². The van der Waals surface area contributed by atoms with Crippen LogP contribution in [0.25, 0.3) is 0 Å². The molecule has 4 heteroatoms. The molecule has 2 rings (SSSR count). The standard InChI is InChI=1S/C15H17N3O/c1-10-5-7-12(8-6-10)11(2)18-15(19)14-13(16)4-3-9-17-14/h3-9,11H,16H2,1-2H3,(H,18,19)/t11-/m0/s1. The average Bonchev–Trinajstić information content (AvgIpc) is 2.39. The van der Waals surface area contributed by atoms with Crippen molar-refractivity contribution in [1.29, 1.82) is 0 Å². The number of hydrogen-bond acceptors (Lipinski definition) is 3. The third-order valence-electron chi connectivity index (χ3n) is 2.98. The van der Waals surface area contributed by atoms with Crippen molar-refractivity contribution >= 4 is 11.6 Å². The van der Waals surface area contributed by atoms with Crippen LogP contribution in [0.15, 0.2) is 42.6 Å². The zero-order valence-corrected chi connectivity index (χ0v) is 11.1. The maximum atomic E-state index is 12.1. The van der Waals surface area contributed by atoms with Gasteiger partial charge in [0.25, 0.3) is 5.91 Å². The number of amides is 1. The first-order valence-electron chi connectivity index (χ1n) is 6.16. The van der Waals surface area contributed by atoms with Gasteiger partial charge < -0.3 is 11.1 Å². The highest BCUT2D eigenvalue weighted by Gasteiger charge is 2.14.